The molecule has 1 aromatic heterocycles. The van der Waals surface area contributed by atoms with Gasteiger partial charge in [0, 0.05) is 20.2 Å². The van der Waals surface area contributed by atoms with Crippen molar-refractivity contribution in [1.29, 1.82) is 0 Å². The molecular weight excluding hydrogens is 286 g/mol. The third-order valence-electron chi connectivity index (χ3n) is 2.46. The number of rotatable bonds is 7. The van der Waals surface area contributed by atoms with Crippen LogP contribution in [0.3, 0.4) is 0 Å². The molecule has 1 rings (SSSR count). The first-order chi connectivity index (χ1) is 8.78. The fourth-order valence-corrected chi connectivity index (χ4v) is 4.69. The van der Waals surface area contributed by atoms with Gasteiger partial charge in [0.1, 0.15) is 0 Å². The number of sulfonamides is 1. The van der Waals surface area contributed by atoms with Crippen molar-refractivity contribution in [3.8, 4) is 0 Å². The summed E-state index contributed by atoms with van der Waals surface area (Å²) >= 11 is 1.01. The van der Waals surface area contributed by atoms with E-state index in [9.17, 15) is 8.42 Å². The van der Waals surface area contributed by atoms with Crippen LogP contribution in [-0.4, -0.2) is 44.5 Å². The summed E-state index contributed by atoms with van der Waals surface area (Å²) in [5.41, 5.74) is 6.03. The molecule has 110 valence electrons. The number of nitrogens with zero attached hydrogens (tertiary/aromatic N) is 2. The van der Waals surface area contributed by atoms with Crippen LogP contribution in [0.15, 0.2) is 4.21 Å². The number of aromatic nitrogens is 1. The molecule has 6 nitrogen and oxygen atoms in total. The average molecular weight is 307 g/mol. The van der Waals surface area contributed by atoms with E-state index >= 15 is 0 Å². The van der Waals surface area contributed by atoms with Crippen LogP contribution in [0.4, 0.5) is 5.13 Å². The summed E-state index contributed by atoms with van der Waals surface area (Å²) in [5, 5.41) is 0.271. The number of aryl methyl sites for hydroxylation is 1. The first kappa shape index (κ1) is 16.4. The van der Waals surface area contributed by atoms with E-state index in [1.165, 1.54) is 4.31 Å². The SMILES string of the molecule is COCCN(CC(C)C)S(=O)(=O)c1sc(N)nc1C. The summed E-state index contributed by atoms with van der Waals surface area (Å²) in [5.74, 6) is 0.234. The summed E-state index contributed by atoms with van der Waals surface area (Å²) < 4.78 is 31.8. The van der Waals surface area contributed by atoms with Crippen molar-refractivity contribution < 1.29 is 13.2 Å². The van der Waals surface area contributed by atoms with Gasteiger partial charge in [0.25, 0.3) is 10.0 Å². The van der Waals surface area contributed by atoms with Crippen molar-refractivity contribution in [2.45, 2.75) is 25.0 Å². The summed E-state index contributed by atoms with van der Waals surface area (Å²) in [7, 11) is -2.00. The second kappa shape index (κ2) is 6.65. The number of nitrogens with two attached hydrogens (primary N) is 1. The largest absolute Gasteiger partial charge is 0.383 e. The van der Waals surface area contributed by atoms with E-state index in [-0.39, 0.29) is 15.3 Å². The Bertz CT molecular complexity index is 511. The maximum Gasteiger partial charge on any atom is 0.254 e. The molecule has 0 aromatic carbocycles. The van der Waals surface area contributed by atoms with Gasteiger partial charge in [-0.3, -0.25) is 0 Å². The maximum absolute atomic E-state index is 12.6. The maximum atomic E-state index is 12.6. The molecule has 0 atom stereocenters. The van der Waals surface area contributed by atoms with Crippen molar-refractivity contribution in [1.82, 2.24) is 9.29 Å². The van der Waals surface area contributed by atoms with Gasteiger partial charge in [-0.25, -0.2) is 13.4 Å². The first-order valence-corrected chi connectivity index (χ1v) is 8.26. The molecule has 2 N–H and O–H groups in total. The van der Waals surface area contributed by atoms with Gasteiger partial charge < -0.3 is 10.5 Å². The monoisotopic (exact) mass is 307 g/mol. The highest BCUT2D eigenvalue weighted by Crippen LogP contribution is 2.28. The van der Waals surface area contributed by atoms with Crippen LogP contribution in [0.1, 0.15) is 19.5 Å². The Labute approximate surface area is 118 Å². The quantitative estimate of drug-likeness (QED) is 0.821. The van der Waals surface area contributed by atoms with Crippen LogP contribution in [0.5, 0.6) is 0 Å². The Hall–Kier alpha value is -0.700. The molecule has 0 aliphatic carbocycles. The lowest BCUT2D eigenvalue weighted by Gasteiger charge is -2.23. The zero-order valence-corrected chi connectivity index (χ0v) is 13.3. The number of ether oxygens (including phenoxy) is 1. The molecule has 0 amide bonds. The molecule has 0 aliphatic rings. The predicted octanol–water partition coefficient (Wildman–Crippen LogP) is 1.33. The normalized spacial score (nSPS) is 12.5. The molecule has 8 heteroatoms. The fourth-order valence-electron chi connectivity index (χ4n) is 1.67. The van der Waals surface area contributed by atoms with E-state index in [4.69, 9.17) is 10.5 Å². The predicted molar refractivity (Wildman–Crippen MR) is 76.7 cm³/mol. The zero-order valence-electron chi connectivity index (χ0n) is 11.7. The van der Waals surface area contributed by atoms with Gasteiger partial charge in [-0.05, 0) is 12.8 Å². The number of hydrogen-bond donors (Lipinski definition) is 1. The van der Waals surface area contributed by atoms with E-state index < -0.39 is 10.0 Å². The lowest BCUT2D eigenvalue weighted by molar-refractivity contribution is 0.175. The first-order valence-electron chi connectivity index (χ1n) is 6.01. The van der Waals surface area contributed by atoms with Gasteiger partial charge in [-0.15, -0.1) is 0 Å². The van der Waals surface area contributed by atoms with Gasteiger partial charge in [-0.2, -0.15) is 4.31 Å². The van der Waals surface area contributed by atoms with Crippen molar-refractivity contribution in [2.24, 2.45) is 5.92 Å². The summed E-state index contributed by atoms with van der Waals surface area (Å²) in [6.07, 6.45) is 0. The minimum atomic E-state index is -3.55. The molecular formula is C11H21N3O3S2. The van der Waals surface area contributed by atoms with E-state index in [2.05, 4.69) is 4.98 Å². The van der Waals surface area contributed by atoms with Crippen molar-refractivity contribution in [3.63, 3.8) is 0 Å². The molecule has 1 heterocycles. The molecule has 0 unspecified atom stereocenters. The van der Waals surface area contributed by atoms with Gasteiger partial charge in [0.05, 0.1) is 12.3 Å². The van der Waals surface area contributed by atoms with Gasteiger partial charge in [-0.1, -0.05) is 25.2 Å². The van der Waals surface area contributed by atoms with Gasteiger partial charge in [0.2, 0.25) is 0 Å². The Balaban J connectivity index is 3.07. The Morgan fingerprint density at radius 1 is 1.47 bits per heavy atom. The number of methoxy groups -OCH3 is 1. The van der Waals surface area contributed by atoms with Crippen LogP contribution in [0.25, 0.3) is 0 Å². The lowest BCUT2D eigenvalue weighted by atomic mass is 10.2. The Morgan fingerprint density at radius 2 is 2.11 bits per heavy atom. The molecule has 1 aromatic rings. The highest BCUT2D eigenvalue weighted by molar-refractivity contribution is 7.91. The van der Waals surface area contributed by atoms with Gasteiger partial charge >= 0.3 is 0 Å². The van der Waals surface area contributed by atoms with Crippen LogP contribution < -0.4 is 5.73 Å². The van der Waals surface area contributed by atoms with Crippen LogP contribution >= 0.6 is 11.3 Å². The highest BCUT2D eigenvalue weighted by Gasteiger charge is 2.29. The van der Waals surface area contributed by atoms with Crippen LogP contribution in [0.2, 0.25) is 0 Å². The number of hydrogen-bond acceptors (Lipinski definition) is 6. The minimum Gasteiger partial charge on any atom is -0.383 e. The number of nitrogen functional groups attached to an aromatic ring is 1. The molecule has 0 aliphatic heterocycles. The number of anilines is 1. The molecule has 0 bridgehead atoms. The topological polar surface area (TPSA) is 85.5 Å². The zero-order chi connectivity index (χ0) is 14.6. The third kappa shape index (κ3) is 4.13. The number of thiazole rings is 1. The summed E-state index contributed by atoms with van der Waals surface area (Å²) in [6.45, 7) is 6.74. The minimum absolute atomic E-state index is 0.224. The van der Waals surface area contributed by atoms with E-state index in [0.717, 1.165) is 11.3 Å². The molecule has 0 fully saturated rings. The van der Waals surface area contributed by atoms with E-state index in [1.54, 1.807) is 14.0 Å². The highest BCUT2D eigenvalue weighted by atomic mass is 32.2. The Kier molecular flexibility index (Phi) is 5.72. The van der Waals surface area contributed by atoms with Crippen LogP contribution in [0, 0.1) is 12.8 Å². The summed E-state index contributed by atoms with van der Waals surface area (Å²) in [4.78, 5) is 3.98. The van der Waals surface area contributed by atoms with Crippen molar-refractivity contribution in [3.05, 3.63) is 5.69 Å². The third-order valence-corrected chi connectivity index (χ3v) is 5.90. The molecule has 19 heavy (non-hydrogen) atoms. The summed E-state index contributed by atoms with van der Waals surface area (Å²) in [6, 6.07) is 0. The fraction of sp³-hybridized carbons (Fsp3) is 0.727. The molecule has 0 saturated heterocycles. The second-order valence-corrected chi connectivity index (χ2v) is 7.84. The second-order valence-electron chi connectivity index (χ2n) is 4.67. The van der Waals surface area contributed by atoms with E-state index in [1.807, 2.05) is 13.8 Å². The Morgan fingerprint density at radius 3 is 2.53 bits per heavy atom. The van der Waals surface area contributed by atoms with Crippen LogP contribution in [-0.2, 0) is 14.8 Å². The average Bonchev–Trinajstić information content (AvgIpc) is 2.63. The van der Waals surface area contributed by atoms with E-state index in [0.29, 0.717) is 25.4 Å². The van der Waals surface area contributed by atoms with Crippen molar-refractivity contribution >= 4 is 26.5 Å². The molecule has 0 radical (unpaired) electrons. The smallest absolute Gasteiger partial charge is 0.254 e. The van der Waals surface area contributed by atoms with Crippen molar-refractivity contribution in [2.75, 3.05) is 32.5 Å². The molecule has 0 saturated carbocycles. The lowest BCUT2D eigenvalue weighted by Crippen LogP contribution is -2.36. The molecule has 0 spiro atoms. The standard InChI is InChI=1S/C11H21N3O3S2/c1-8(2)7-14(5-6-17-4)19(15,16)10-9(3)13-11(12)18-10/h8H,5-7H2,1-4H3,(H2,12,13). The van der Waals surface area contributed by atoms with Gasteiger partial charge in [0.15, 0.2) is 9.34 Å².